The summed E-state index contributed by atoms with van der Waals surface area (Å²) in [7, 11) is 1.62. The molecule has 0 aromatic rings. The highest BCUT2D eigenvalue weighted by atomic mass is 16.5. The highest BCUT2D eigenvalue weighted by molar-refractivity contribution is 5.95. The van der Waals surface area contributed by atoms with Gasteiger partial charge in [-0.3, -0.25) is 9.59 Å². The SMILES string of the molecule is COCCNCC(O)CN1CC(=O)N2CCCCC2C1=O. The van der Waals surface area contributed by atoms with E-state index in [1.165, 1.54) is 4.90 Å². The number of piperidine rings is 1. The Kier molecular flexibility index (Phi) is 5.96. The van der Waals surface area contributed by atoms with Gasteiger partial charge in [0, 0.05) is 33.3 Å². The van der Waals surface area contributed by atoms with E-state index in [1.807, 2.05) is 0 Å². The molecule has 0 aliphatic carbocycles. The topological polar surface area (TPSA) is 82.1 Å². The maximum absolute atomic E-state index is 12.4. The van der Waals surface area contributed by atoms with Gasteiger partial charge in [-0.1, -0.05) is 0 Å². The fraction of sp³-hybridized carbons (Fsp3) is 0.857. The molecule has 0 radical (unpaired) electrons. The molecule has 2 heterocycles. The number of β-amino-alcohol motifs (C(OH)–C–C–N with tert-alkyl or cyclic N) is 1. The van der Waals surface area contributed by atoms with Crippen molar-refractivity contribution in [2.45, 2.75) is 31.4 Å². The van der Waals surface area contributed by atoms with E-state index in [4.69, 9.17) is 4.74 Å². The molecule has 2 rings (SSSR count). The van der Waals surface area contributed by atoms with Crippen molar-refractivity contribution in [2.75, 3.05) is 46.4 Å². The van der Waals surface area contributed by atoms with Crippen LogP contribution in [0.5, 0.6) is 0 Å². The lowest BCUT2D eigenvalue weighted by molar-refractivity contribution is -0.158. The third-order valence-corrected chi connectivity index (χ3v) is 4.04. The summed E-state index contributed by atoms with van der Waals surface area (Å²) in [6.45, 7) is 2.58. The Morgan fingerprint density at radius 1 is 1.43 bits per heavy atom. The number of rotatable bonds is 7. The predicted octanol–water partition coefficient (Wildman–Crippen LogP) is -1.19. The number of nitrogens with zero attached hydrogens (tertiary/aromatic N) is 2. The van der Waals surface area contributed by atoms with Crippen LogP contribution >= 0.6 is 0 Å². The molecule has 120 valence electrons. The van der Waals surface area contributed by atoms with Crippen LogP contribution in [0.25, 0.3) is 0 Å². The van der Waals surface area contributed by atoms with E-state index >= 15 is 0 Å². The predicted molar refractivity (Wildman–Crippen MR) is 76.7 cm³/mol. The summed E-state index contributed by atoms with van der Waals surface area (Å²) in [4.78, 5) is 27.7. The number of hydrogen-bond acceptors (Lipinski definition) is 5. The van der Waals surface area contributed by atoms with Gasteiger partial charge in [0.1, 0.15) is 6.04 Å². The summed E-state index contributed by atoms with van der Waals surface area (Å²) in [6, 6.07) is -0.311. The minimum absolute atomic E-state index is 0.00107. The van der Waals surface area contributed by atoms with Gasteiger partial charge in [-0.15, -0.1) is 0 Å². The second-order valence-corrected chi connectivity index (χ2v) is 5.67. The Morgan fingerprint density at radius 3 is 3.00 bits per heavy atom. The van der Waals surface area contributed by atoms with Gasteiger partial charge in [-0.2, -0.15) is 0 Å². The van der Waals surface area contributed by atoms with E-state index in [-0.39, 0.29) is 30.9 Å². The van der Waals surface area contributed by atoms with Crippen LogP contribution in [0.15, 0.2) is 0 Å². The fourth-order valence-corrected chi connectivity index (χ4v) is 2.95. The van der Waals surface area contributed by atoms with E-state index in [1.54, 1.807) is 12.0 Å². The first kappa shape index (κ1) is 16.2. The Bertz CT molecular complexity index is 377. The molecular formula is C14H25N3O4. The lowest BCUT2D eigenvalue weighted by atomic mass is 9.98. The summed E-state index contributed by atoms with van der Waals surface area (Å²) in [5, 5.41) is 13.0. The number of aliphatic hydroxyl groups excluding tert-OH is 1. The molecule has 0 aromatic heterocycles. The average molecular weight is 299 g/mol. The normalized spacial score (nSPS) is 24.2. The average Bonchev–Trinajstić information content (AvgIpc) is 2.49. The van der Waals surface area contributed by atoms with Gasteiger partial charge in [0.2, 0.25) is 11.8 Å². The van der Waals surface area contributed by atoms with Crippen LogP contribution in [0, 0.1) is 0 Å². The Labute approximate surface area is 125 Å². The molecule has 2 saturated heterocycles. The van der Waals surface area contributed by atoms with Crippen LogP contribution < -0.4 is 5.32 Å². The quantitative estimate of drug-likeness (QED) is 0.578. The maximum atomic E-state index is 12.4. The zero-order valence-electron chi connectivity index (χ0n) is 12.6. The summed E-state index contributed by atoms with van der Waals surface area (Å²) in [6.07, 6.45) is 2.02. The number of hydrogen-bond donors (Lipinski definition) is 2. The van der Waals surface area contributed by atoms with Crippen molar-refractivity contribution >= 4 is 11.8 Å². The molecule has 0 spiro atoms. The molecule has 2 aliphatic rings. The second kappa shape index (κ2) is 7.72. The van der Waals surface area contributed by atoms with Gasteiger partial charge in [-0.05, 0) is 19.3 Å². The lowest BCUT2D eigenvalue weighted by Crippen LogP contribution is -2.62. The van der Waals surface area contributed by atoms with Gasteiger partial charge in [0.15, 0.2) is 0 Å². The van der Waals surface area contributed by atoms with Crippen molar-refractivity contribution in [3.05, 3.63) is 0 Å². The number of piperazine rings is 1. The molecule has 21 heavy (non-hydrogen) atoms. The van der Waals surface area contributed by atoms with Crippen molar-refractivity contribution in [1.82, 2.24) is 15.1 Å². The smallest absolute Gasteiger partial charge is 0.245 e. The van der Waals surface area contributed by atoms with Crippen LogP contribution in [0.2, 0.25) is 0 Å². The summed E-state index contributed by atoms with van der Waals surface area (Å²) in [5.74, 6) is -0.0240. The molecule has 2 unspecified atom stereocenters. The standard InChI is InChI=1S/C14H25N3O4/c1-21-7-5-15-8-11(18)9-16-10-13(19)17-6-3-2-4-12(17)14(16)20/h11-12,15,18H,2-10H2,1H3. The summed E-state index contributed by atoms with van der Waals surface area (Å²) < 4.78 is 4.91. The number of amides is 2. The zero-order chi connectivity index (χ0) is 15.2. The zero-order valence-corrected chi connectivity index (χ0v) is 12.6. The van der Waals surface area contributed by atoms with Gasteiger partial charge >= 0.3 is 0 Å². The number of aliphatic hydroxyl groups is 1. The van der Waals surface area contributed by atoms with Crippen molar-refractivity contribution in [3.63, 3.8) is 0 Å². The number of nitrogens with one attached hydrogen (secondary N) is 1. The van der Waals surface area contributed by atoms with Crippen LogP contribution in [0.4, 0.5) is 0 Å². The highest BCUT2D eigenvalue weighted by Crippen LogP contribution is 2.23. The molecule has 7 heteroatoms. The summed E-state index contributed by atoms with van der Waals surface area (Å²) >= 11 is 0. The van der Waals surface area contributed by atoms with Gasteiger partial charge in [0.05, 0.1) is 19.3 Å². The van der Waals surface area contributed by atoms with Crippen LogP contribution in [-0.2, 0) is 14.3 Å². The molecule has 0 saturated carbocycles. The lowest BCUT2D eigenvalue weighted by Gasteiger charge is -2.43. The monoisotopic (exact) mass is 299 g/mol. The molecular weight excluding hydrogens is 274 g/mol. The second-order valence-electron chi connectivity index (χ2n) is 5.67. The highest BCUT2D eigenvalue weighted by Gasteiger charge is 2.40. The Morgan fingerprint density at radius 2 is 2.24 bits per heavy atom. The first-order valence-corrected chi connectivity index (χ1v) is 7.59. The molecule has 0 bridgehead atoms. The molecule has 7 nitrogen and oxygen atoms in total. The fourth-order valence-electron chi connectivity index (χ4n) is 2.95. The molecule has 2 fully saturated rings. The molecule has 0 aromatic carbocycles. The van der Waals surface area contributed by atoms with Crippen molar-refractivity contribution in [1.29, 1.82) is 0 Å². The Balaban J connectivity index is 1.82. The van der Waals surface area contributed by atoms with E-state index in [2.05, 4.69) is 5.32 Å². The van der Waals surface area contributed by atoms with Gasteiger partial charge in [0.25, 0.3) is 0 Å². The van der Waals surface area contributed by atoms with Crippen LogP contribution in [-0.4, -0.2) is 85.3 Å². The van der Waals surface area contributed by atoms with E-state index < -0.39 is 6.10 Å². The van der Waals surface area contributed by atoms with E-state index in [0.717, 1.165) is 19.3 Å². The molecule has 2 N–H and O–H groups in total. The number of carbonyl (C=O) groups excluding carboxylic acids is 2. The van der Waals surface area contributed by atoms with Crippen molar-refractivity contribution < 1.29 is 19.4 Å². The summed E-state index contributed by atoms with van der Waals surface area (Å²) in [5.41, 5.74) is 0. The van der Waals surface area contributed by atoms with E-state index in [9.17, 15) is 14.7 Å². The first-order valence-electron chi connectivity index (χ1n) is 7.59. The number of ether oxygens (including phenoxy) is 1. The molecule has 2 atom stereocenters. The molecule has 2 aliphatic heterocycles. The van der Waals surface area contributed by atoms with Crippen molar-refractivity contribution in [3.8, 4) is 0 Å². The Hall–Kier alpha value is -1.18. The van der Waals surface area contributed by atoms with E-state index in [0.29, 0.717) is 26.2 Å². The first-order chi connectivity index (χ1) is 10.1. The van der Waals surface area contributed by atoms with Gasteiger partial charge < -0.3 is 25.0 Å². The van der Waals surface area contributed by atoms with Crippen LogP contribution in [0.3, 0.4) is 0 Å². The maximum Gasteiger partial charge on any atom is 0.245 e. The van der Waals surface area contributed by atoms with Crippen LogP contribution in [0.1, 0.15) is 19.3 Å². The largest absolute Gasteiger partial charge is 0.390 e. The minimum atomic E-state index is -0.672. The third-order valence-electron chi connectivity index (χ3n) is 4.04. The molecule has 2 amide bonds. The third kappa shape index (κ3) is 4.15. The number of methoxy groups -OCH3 is 1. The number of carbonyl (C=O) groups is 2. The minimum Gasteiger partial charge on any atom is -0.390 e. The van der Waals surface area contributed by atoms with Crippen molar-refractivity contribution in [2.24, 2.45) is 0 Å². The number of fused-ring (bicyclic) bond motifs is 1. The van der Waals surface area contributed by atoms with Gasteiger partial charge in [-0.25, -0.2) is 0 Å².